The van der Waals surface area contributed by atoms with Gasteiger partial charge in [0.2, 0.25) is 0 Å². The molecule has 2 heterocycles. The van der Waals surface area contributed by atoms with Crippen molar-refractivity contribution >= 4 is 29.9 Å². The lowest BCUT2D eigenvalue weighted by Gasteiger charge is -2.35. The fourth-order valence-corrected chi connectivity index (χ4v) is 3.19. The second kappa shape index (κ2) is 11.3. The van der Waals surface area contributed by atoms with E-state index in [0.29, 0.717) is 26.3 Å². The Morgan fingerprint density at radius 1 is 1.25 bits per heavy atom. The van der Waals surface area contributed by atoms with Crippen molar-refractivity contribution in [2.75, 3.05) is 39.9 Å². The highest BCUT2D eigenvalue weighted by molar-refractivity contribution is 14.0. The summed E-state index contributed by atoms with van der Waals surface area (Å²) < 4.78 is 20.6. The lowest BCUT2D eigenvalue weighted by atomic mass is 10.0. The largest absolute Gasteiger partial charge is 0.379 e. The van der Waals surface area contributed by atoms with Crippen LogP contribution in [0.4, 0.5) is 4.39 Å². The number of benzene rings is 1. The zero-order valence-corrected chi connectivity index (χ0v) is 18.6. The lowest BCUT2D eigenvalue weighted by molar-refractivity contribution is 0.0170. The Kier molecular flexibility index (Phi) is 9.13. The minimum Gasteiger partial charge on any atom is -0.379 e. The summed E-state index contributed by atoms with van der Waals surface area (Å²) in [6, 6.07) is 6.84. The molecule has 0 spiro atoms. The summed E-state index contributed by atoms with van der Waals surface area (Å²) in [5, 5.41) is 10.9. The molecule has 3 rings (SSSR count). The SMILES string of the molecule is CN=C(NCc1cnn(C)c1)NCC(c1ccc(F)cc1)N1CCOCC1.I. The number of morpholine rings is 1. The van der Waals surface area contributed by atoms with Crippen molar-refractivity contribution < 1.29 is 9.13 Å². The van der Waals surface area contributed by atoms with E-state index in [4.69, 9.17) is 4.74 Å². The fourth-order valence-electron chi connectivity index (χ4n) is 3.19. The summed E-state index contributed by atoms with van der Waals surface area (Å²) in [7, 11) is 3.65. The number of aliphatic imine (C=N–C) groups is 1. The average Bonchev–Trinajstić information content (AvgIpc) is 3.11. The van der Waals surface area contributed by atoms with Crippen molar-refractivity contribution in [2.24, 2.45) is 12.0 Å². The topological polar surface area (TPSA) is 66.7 Å². The maximum absolute atomic E-state index is 13.3. The first kappa shape index (κ1) is 22.6. The fraction of sp³-hybridized carbons (Fsp3) is 0.474. The molecule has 154 valence electrons. The van der Waals surface area contributed by atoms with Crippen LogP contribution in [0.15, 0.2) is 41.7 Å². The number of hydrogen-bond acceptors (Lipinski definition) is 4. The molecule has 1 aromatic carbocycles. The highest BCUT2D eigenvalue weighted by Gasteiger charge is 2.23. The molecule has 0 amide bonds. The summed E-state index contributed by atoms with van der Waals surface area (Å²) in [5.74, 6) is 0.501. The molecule has 2 N–H and O–H groups in total. The van der Waals surface area contributed by atoms with E-state index >= 15 is 0 Å². The molecule has 0 radical (unpaired) electrons. The van der Waals surface area contributed by atoms with E-state index in [9.17, 15) is 4.39 Å². The van der Waals surface area contributed by atoms with Gasteiger partial charge in [0.15, 0.2) is 5.96 Å². The predicted octanol–water partition coefficient (Wildman–Crippen LogP) is 1.92. The molecule has 9 heteroatoms. The summed E-state index contributed by atoms with van der Waals surface area (Å²) in [5.41, 5.74) is 2.16. The van der Waals surface area contributed by atoms with Crippen LogP contribution in [0.25, 0.3) is 0 Å². The van der Waals surface area contributed by atoms with Crippen LogP contribution >= 0.6 is 24.0 Å². The molecule has 1 fully saturated rings. The van der Waals surface area contributed by atoms with Crippen LogP contribution < -0.4 is 10.6 Å². The summed E-state index contributed by atoms with van der Waals surface area (Å²) in [6.07, 6.45) is 3.80. The molecule has 28 heavy (non-hydrogen) atoms. The van der Waals surface area contributed by atoms with Gasteiger partial charge in [0, 0.05) is 52.0 Å². The Balaban J connectivity index is 0.00000280. The van der Waals surface area contributed by atoms with Gasteiger partial charge >= 0.3 is 0 Å². The van der Waals surface area contributed by atoms with E-state index in [-0.39, 0.29) is 35.8 Å². The van der Waals surface area contributed by atoms with Gasteiger partial charge in [-0.25, -0.2) is 4.39 Å². The number of guanidine groups is 1. The smallest absolute Gasteiger partial charge is 0.191 e. The number of aromatic nitrogens is 2. The average molecular weight is 502 g/mol. The minimum atomic E-state index is -0.221. The van der Waals surface area contributed by atoms with E-state index < -0.39 is 0 Å². The van der Waals surface area contributed by atoms with E-state index in [0.717, 1.165) is 30.2 Å². The lowest BCUT2D eigenvalue weighted by Crippen LogP contribution is -2.46. The first-order valence-corrected chi connectivity index (χ1v) is 9.15. The number of halogens is 2. The van der Waals surface area contributed by atoms with Gasteiger partial charge < -0.3 is 15.4 Å². The predicted molar refractivity (Wildman–Crippen MR) is 118 cm³/mol. The highest BCUT2D eigenvalue weighted by atomic mass is 127. The Hall–Kier alpha value is -1.72. The molecule has 7 nitrogen and oxygen atoms in total. The van der Waals surface area contributed by atoms with E-state index in [1.807, 2.05) is 31.6 Å². The number of ether oxygens (including phenoxy) is 1. The standard InChI is InChI=1S/C19H27FN6O.HI/c1-21-19(22-11-15-12-24-25(2)14-15)23-13-18(26-7-9-27-10-8-26)16-3-5-17(20)6-4-16;/h3-6,12,14,18H,7-11,13H2,1-2H3,(H2,21,22,23);1H. The third-order valence-electron chi connectivity index (χ3n) is 4.65. The molecular weight excluding hydrogens is 474 g/mol. The molecule has 1 unspecified atom stereocenters. The van der Waals surface area contributed by atoms with Gasteiger partial charge in [0.05, 0.1) is 25.5 Å². The van der Waals surface area contributed by atoms with Crippen molar-refractivity contribution in [1.82, 2.24) is 25.3 Å². The first-order chi connectivity index (χ1) is 13.2. The van der Waals surface area contributed by atoms with Gasteiger partial charge in [-0.3, -0.25) is 14.6 Å². The number of nitrogens with one attached hydrogen (secondary N) is 2. The maximum Gasteiger partial charge on any atom is 0.191 e. The number of aryl methyl sites for hydroxylation is 1. The summed E-state index contributed by atoms with van der Waals surface area (Å²) in [6.45, 7) is 4.44. The molecular formula is C19H28FIN6O. The van der Waals surface area contributed by atoms with Gasteiger partial charge in [-0.1, -0.05) is 12.1 Å². The van der Waals surface area contributed by atoms with Gasteiger partial charge in [-0.2, -0.15) is 5.10 Å². The van der Waals surface area contributed by atoms with Crippen LogP contribution in [-0.4, -0.2) is 60.5 Å². The van der Waals surface area contributed by atoms with Crippen molar-refractivity contribution in [3.05, 3.63) is 53.6 Å². The zero-order valence-electron chi connectivity index (χ0n) is 16.3. The minimum absolute atomic E-state index is 0. The van der Waals surface area contributed by atoms with E-state index in [1.54, 1.807) is 11.7 Å². The number of hydrogen-bond donors (Lipinski definition) is 2. The molecule has 1 aromatic heterocycles. The van der Waals surface area contributed by atoms with Crippen molar-refractivity contribution in [1.29, 1.82) is 0 Å². The Bertz CT molecular complexity index is 745. The van der Waals surface area contributed by atoms with Gasteiger partial charge in [-0.15, -0.1) is 24.0 Å². The van der Waals surface area contributed by atoms with Crippen LogP contribution in [0.5, 0.6) is 0 Å². The molecule has 0 bridgehead atoms. The third kappa shape index (κ3) is 6.42. The Morgan fingerprint density at radius 2 is 1.96 bits per heavy atom. The zero-order chi connectivity index (χ0) is 19.1. The highest BCUT2D eigenvalue weighted by Crippen LogP contribution is 2.21. The molecule has 0 saturated carbocycles. The molecule has 1 aliphatic rings. The Labute approximate surface area is 182 Å². The van der Waals surface area contributed by atoms with Crippen LogP contribution in [0, 0.1) is 5.82 Å². The first-order valence-electron chi connectivity index (χ1n) is 9.15. The Morgan fingerprint density at radius 3 is 2.57 bits per heavy atom. The van der Waals surface area contributed by atoms with Crippen molar-refractivity contribution in [3.63, 3.8) is 0 Å². The van der Waals surface area contributed by atoms with Gasteiger partial charge in [0.1, 0.15) is 5.82 Å². The van der Waals surface area contributed by atoms with Gasteiger partial charge in [-0.05, 0) is 17.7 Å². The summed E-state index contributed by atoms with van der Waals surface area (Å²) in [4.78, 5) is 6.66. The molecule has 2 aromatic rings. The third-order valence-corrected chi connectivity index (χ3v) is 4.65. The van der Waals surface area contributed by atoms with Crippen LogP contribution in [-0.2, 0) is 18.3 Å². The summed E-state index contributed by atoms with van der Waals surface area (Å²) >= 11 is 0. The normalized spacial score (nSPS) is 16.3. The molecule has 0 aliphatic carbocycles. The van der Waals surface area contributed by atoms with E-state index in [1.165, 1.54) is 12.1 Å². The second-order valence-corrected chi connectivity index (χ2v) is 6.54. The molecule has 1 saturated heterocycles. The number of nitrogens with zero attached hydrogens (tertiary/aromatic N) is 4. The monoisotopic (exact) mass is 502 g/mol. The van der Waals surface area contributed by atoms with Crippen molar-refractivity contribution in [3.8, 4) is 0 Å². The quantitative estimate of drug-likeness (QED) is 0.359. The van der Waals surface area contributed by atoms with Crippen LogP contribution in [0.3, 0.4) is 0 Å². The molecule has 1 aliphatic heterocycles. The number of rotatable bonds is 6. The maximum atomic E-state index is 13.3. The van der Waals surface area contributed by atoms with Crippen LogP contribution in [0.2, 0.25) is 0 Å². The van der Waals surface area contributed by atoms with E-state index in [2.05, 4.69) is 25.6 Å². The van der Waals surface area contributed by atoms with Crippen LogP contribution in [0.1, 0.15) is 17.2 Å². The van der Waals surface area contributed by atoms with Crippen molar-refractivity contribution in [2.45, 2.75) is 12.6 Å². The van der Waals surface area contributed by atoms with Gasteiger partial charge in [0.25, 0.3) is 0 Å². The molecule has 1 atom stereocenters. The second-order valence-electron chi connectivity index (χ2n) is 6.54.